The van der Waals surface area contributed by atoms with Crippen molar-refractivity contribution in [2.24, 2.45) is 11.1 Å². The zero-order chi connectivity index (χ0) is 14.4. The molecule has 3 nitrogen and oxygen atoms in total. The van der Waals surface area contributed by atoms with Crippen LogP contribution in [0.3, 0.4) is 0 Å². The molecule has 0 heterocycles. The Kier molecular flexibility index (Phi) is 5.18. The molecule has 0 saturated heterocycles. The Hall–Kier alpha value is -1.35. The lowest BCUT2D eigenvalue weighted by Gasteiger charge is -2.33. The normalized spacial score (nSPS) is 17.7. The Labute approximate surface area is 121 Å². The van der Waals surface area contributed by atoms with Crippen LogP contribution in [0.5, 0.6) is 0 Å². The number of carbonyl (C=O) groups is 1. The summed E-state index contributed by atoms with van der Waals surface area (Å²) < 4.78 is 0. The highest BCUT2D eigenvalue weighted by molar-refractivity contribution is 5.94. The molecule has 1 aromatic carbocycles. The number of carbonyl (C=O) groups excluding carboxylic acids is 1. The van der Waals surface area contributed by atoms with Gasteiger partial charge in [0.05, 0.1) is 0 Å². The van der Waals surface area contributed by atoms with Crippen molar-refractivity contribution in [3.05, 3.63) is 35.4 Å². The third-order valence-corrected chi connectivity index (χ3v) is 4.36. The summed E-state index contributed by atoms with van der Waals surface area (Å²) in [7, 11) is 0. The van der Waals surface area contributed by atoms with Gasteiger partial charge >= 0.3 is 0 Å². The Bertz CT molecular complexity index is 450. The van der Waals surface area contributed by atoms with Gasteiger partial charge in [-0.05, 0) is 48.9 Å². The number of nitrogens with two attached hydrogens (primary N) is 1. The minimum absolute atomic E-state index is 0.0377. The van der Waals surface area contributed by atoms with Crippen LogP contribution in [0, 0.1) is 5.41 Å². The molecule has 1 aliphatic carbocycles. The van der Waals surface area contributed by atoms with Gasteiger partial charge in [0, 0.05) is 12.1 Å². The minimum atomic E-state index is 0.0377. The molecule has 1 aromatic rings. The molecule has 0 bridgehead atoms. The van der Waals surface area contributed by atoms with Gasteiger partial charge in [-0.25, -0.2) is 0 Å². The fourth-order valence-corrected chi connectivity index (χ4v) is 3.01. The zero-order valence-electron chi connectivity index (χ0n) is 12.5. The Morgan fingerprint density at radius 3 is 2.75 bits per heavy atom. The van der Waals surface area contributed by atoms with E-state index in [0.717, 1.165) is 24.1 Å². The van der Waals surface area contributed by atoms with Crippen LogP contribution in [0.1, 0.15) is 54.9 Å². The zero-order valence-corrected chi connectivity index (χ0v) is 12.5. The number of nitrogens with one attached hydrogen (secondary N) is 1. The van der Waals surface area contributed by atoms with Crippen molar-refractivity contribution in [2.75, 3.05) is 13.1 Å². The maximum Gasteiger partial charge on any atom is 0.251 e. The Morgan fingerprint density at radius 2 is 2.05 bits per heavy atom. The van der Waals surface area contributed by atoms with E-state index in [-0.39, 0.29) is 11.3 Å². The first kappa shape index (κ1) is 15.0. The molecular formula is C17H26N2O. The molecule has 0 spiro atoms. The highest BCUT2D eigenvalue weighted by Crippen LogP contribution is 2.34. The van der Waals surface area contributed by atoms with E-state index in [1.165, 1.54) is 32.1 Å². The maximum atomic E-state index is 12.2. The van der Waals surface area contributed by atoms with Crippen LogP contribution in [0.15, 0.2) is 24.3 Å². The van der Waals surface area contributed by atoms with Crippen LogP contribution >= 0.6 is 0 Å². The summed E-state index contributed by atoms with van der Waals surface area (Å²) >= 11 is 0. The summed E-state index contributed by atoms with van der Waals surface area (Å²) in [5.74, 6) is 0.0377. The first-order valence-corrected chi connectivity index (χ1v) is 7.70. The van der Waals surface area contributed by atoms with Crippen LogP contribution < -0.4 is 11.1 Å². The van der Waals surface area contributed by atoms with Crippen LogP contribution in [0.4, 0.5) is 0 Å². The lowest BCUT2D eigenvalue weighted by atomic mass is 9.76. The van der Waals surface area contributed by atoms with E-state index >= 15 is 0 Å². The first-order valence-electron chi connectivity index (χ1n) is 7.70. The fraction of sp³-hybridized carbons (Fsp3) is 0.588. The van der Waals surface area contributed by atoms with Crippen LogP contribution in [-0.2, 0) is 6.42 Å². The number of hydrogen-bond acceptors (Lipinski definition) is 2. The average molecular weight is 274 g/mol. The average Bonchev–Trinajstić information content (AvgIpc) is 2.46. The van der Waals surface area contributed by atoms with Gasteiger partial charge in [0.25, 0.3) is 5.91 Å². The molecule has 1 amide bonds. The van der Waals surface area contributed by atoms with Crippen molar-refractivity contribution in [2.45, 2.75) is 45.4 Å². The quantitative estimate of drug-likeness (QED) is 0.867. The molecule has 1 aliphatic rings. The highest BCUT2D eigenvalue weighted by atomic mass is 16.1. The van der Waals surface area contributed by atoms with Gasteiger partial charge in [0.1, 0.15) is 0 Å². The number of hydrogen-bond donors (Lipinski definition) is 2. The summed E-state index contributed by atoms with van der Waals surface area (Å²) in [6.45, 7) is 3.69. The van der Waals surface area contributed by atoms with Crippen molar-refractivity contribution >= 4 is 5.91 Å². The molecule has 0 radical (unpaired) electrons. The van der Waals surface area contributed by atoms with Gasteiger partial charge in [0.15, 0.2) is 0 Å². The van der Waals surface area contributed by atoms with Gasteiger partial charge in [-0.1, -0.05) is 38.3 Å². The molecule has 2 rings (SSSR count). The van der Waals surface area contributed by atoms with Gasteiger partial charge in [-0.15, -0.1) is 0 Å². The summed E-state index contributed by atoms with van der Waals surface area (Å²) in [5.41, 5.74) is 7.71. The van der Waals surface area contributed by atoms with E-state index in [0.29, 0.717) is 6.54 Å². The molecule has 0 atom stereocenters. The molecule has 0 unspecified atom stereocenters. The van der Waals surface area contributed by atoms with E-state index in [1.54, 1.807) is 0 Å². The maximum absolute atomic E-state index is 12.2. The molecule has 1 fully saturated rings. The molecule has 20 heavy (non-hydrogen) atoms. The number of amides is 1. The summed E-state index contributed by atoms with van der Waals surface area (Å²) in [6.07, 6.45) is 7.18. The number of benzene rings is 1. The van der Waals surface area contributed by atoms with E-state index < -0.39 is 0 Å². The molecule has 110 valence electrons. The topological polar surface area (TPSA) is 55.1 Å². The SMILES string of the molecule is CC1(CNC(=O)c2cccc(CCN)c2)CCCCC1. The van der Waals surface area contributed by atoms with E-state index in [2.05, 4.69) is 12.2 Å². The van der Waals surface area contributed by atoms with Gasteiger partial charge in [-0.3, -0.25) is 4.79 Å². The molecule has 0 aliphatic heterocycles. The summed E-state index contributed by atoms with van der Waals surface area (Å²) in [4.78, 5) is 12.2. The second-order valence-electron chi connectivity index (χ2n) is 6.29. The summed E-state index contributed by atoms with van der Waals surface area (Å²) in [5, 5.41) is 3.11. The predicted octanol–water partition coefficient (Wildman–Crippen LogP) is 2.89. The monoisotopic (exact) mass is 274 g/mol. The van der Waals surface area contributed by atoms with Gasteiger partial charge < -0.3 is 11.1 Å². The van der Waals surface area contributed by atoms with Crippen LogP contribution in [0.2, 0.25) is 0 Å². The minimum Gasteiger partial charge on any atom is -0.351 e. The lowest BCUT2D eigenvalue weighted by Crippen LogP contribution is -2.37. The molecule has 0 aromatic heterocycles. The second-order valence-corrected chi connectivity index (χ2v) is 6.29. The standard InChI is InChI=1S/C17H26N2O/c1-17(9-3-2-4-10-17)13-19-16(20)15-7-5-6-14(12-15)8-11-18/h5-7,12H,2-4,8-11,13,18H2,1H3,(H,19,20). The van der Waals surface area contributed by atoms with Crippen molar-refractivity contribution in [3.8, 4) is 0 Å². The fourth-order valence-electron chi connectivity index (χ4n) is 3.01. The third kappa shape index (κ3) is 4.07. The molecule has 3 N–H and O–H groups in total. The summed E-state index contributed by atoms with van der Waals surface area (Å²) in [6, 6.07) is 7.78. The van der Waals surface area contributed by atoms with Crippen molar-refractivity contribution in [3.63, 3.8) is 0 Å². The number of rotatable bonds is 5. The smallest absolute Gasteiger partial charge is 0.251 e. The first-order chi connectivity index (χ1) is 9.63. The van der Waals surface area contributed by atoms with Gasteiger partial charge in [0.2, 0.25) is 0 Å². The van der Waals surface area contributed by atoms with Crippen LogP contribution in [-0.4, -0.2) is 19.0 Å². The largest absolute Gasteiger partial charge is 0.351 e. The van der Waals surface area contributed by atoms with Crippen molar-refractivity contribution in [1.29, 1.82) is 0 Å². The van der Waals surface area contributed by atoms with Gasteiger partial charge in [-0.2, -0.15) is 0 Å². The predicted molar refractivity (Wildman–Crippen MR) is 82.7 cm³/mol. The van der Waals surface area contributed by atoms with Crippen LogP contribution in [0.25, 0.3) is 0 Å². The van der Waals surface area contributed by atoms with E-state index in [4.69, 9.17) is 5.73 Å². The third-order valence-electron chi connectivity index (χ3n) is 4.36. The van der Waals surface area contributed by atoms with Crippen molar-refractivity contribution < 1.29 is 4.79 Å². The Morgan fingerprint density at radius 1 is 1.30 bits per heavy atom. The van der Waals surface area contributed by atoms with E-state index in [9.17, 15) is 4.79 Å². The lowest BCUT2D eigenvalue weighted by molar-refractivity contribution is 0.0919. The van der Waals surface area contributed by atoms with E-state index in [1.807, 2.05) is 24.3 Å². The molecule has 1 saturated carbocycles. The molecular weight excluding hydrogens is 248 g/mol. The van der Waals surface area contributed by atoms with Crippen molar-refractivity contribution in [1.82, 2.24) is 5.32 Å². The second kappa shape index (κ2) is 6.89. The highest BCUT2D eigenvalue weighted by Gasteiger charge is 2.27. The molecule has 3 heteroatoms. The Balaban J connectivity index is 1.92.